The van der Waals surface area contributed by atoms with Gasteiger partial charge in [-0.25, -0.2) is 4.39 Å². The second kappa shape index (κ2) is 7.56. The molecule has 1 aromatic carbocycles. The van der Waals surface area contributed by atoms with Gasteiger partial charge in [-0.1, -0.05) is 24.4 Å². The van der Waals surface area contributed by atoms with E-state index in [1.165, 1.54) is 12.1 Å². The molecule has 1 fully saturated rings. The Kier molecular flexibility index (Phi) is 5.74. The molecule has 1 aliphatic rings. The zero-order valence-corrected chi connectivity index (χ0v) is 12.7. The Morgan fingerprint density at radius 3 is 2.68 bits per heavy atom. The van der Waals surface area contributed by atoms with Gasteiger partial charge in [-0.2, -0.15) is 0 Å². The first-order chi connectivity index (χ1) is 10.5. The van der Waals surface area contributed by atoms with Crippen LogP contribution in [0, 0.1) is 11.7 Å². The Balaban J connectivity index is 1.85. The molecule has 1 aliphatic carbocycles. The molecular formula is C15H18ClFN2O3. The summed E-state index contributed by atoms with van der Waals surface area (Å²) >= 11 is 5.61. The van der Waals surface area contributed by atoms with Crippen molar-refractivity contribution in [1.82, 2.24) is 5.32 Å². The quantitative estimate of drug-likeness (QED) is 0.743. The fraction of sp³-hybridized carbons (Fsp3) is 0.467. The maximum absolute atomic E-state index is 13.5. The van der Waals surface area contributed by atoms with E-state index in [-0.39, 0.29) is 23.2 Å². The van der Waals surface area contributed by atoms with Gasteiger partial charge in [-0.05, 0) is 31.0 Å². The molecule has 1 aromatic rings. The van der Waals surface area contributed by atoms with Crippen molar-refractivity contribution < 1.29 is 19.1 Å². The number of carbonyl (C=O) groups excluding carboxylic acids is 2. The highest BCUT2D eigenvalue weighted by molar-refractivity contribution is 6.39. The van der Waals surface area contributed by atoms with Gasteiger partial charge in [0.05, 0.1) is 11.8 Å². The van der Waals surface area contributed by atoms with E-state index in [9.17, 15) is 19.1 Å². The van der Waals surface area contributed by atoms with Crippen LogP contribution < -0.4 is 10.6 Å². The average Bonchev–Trinajstić information content (AvgIpc) is 2.49. The van der Waals surface area contributed by atoms with Crippen molar-refractivity contribution in [3.05, 3.63) is 29.0 Å². The van der Waals surface area contributed by atoms with Crippen LogP contribution in [0.3, 0.4) is 0 Å². The molecule has 0 aliphatic heterocycles. The first kappa shape index (κ1) is 16.7. The lowest BCUT2D eigenvalue weighted by Gasteiger charge is -2.27. The van der Waals surface area contributed by atoms with E-state index in [0.29, 0.717) is 6.42 Å². The topological polar surface area (TPSA) is 78.4 Å². The minimum atomic E-state index is -0.952. The Morgan fingerprint density at radius 1 is 1.27 bits per heavy atom. The molecule has 0 radical (unpaired) electrons. The molecular weight excluding hydrogens is 311 g/mol. The molecule has 0 bridgehead atoms. The number of hydrogen-bond acceptors (Lipinski definition) is 3. The van der Waals surface area contributed by atoms with Crippen LogP contribution in [-0.2, 0) is 9.59 Å². The summed E-state index contributed by atoms with van der Waals surface area (Å²) in [5.41, 5.74) is -0.109. The van der Waals surface area contributed by atoms with Crippen molar-refractivity contribution in [2.75, 3.05) is 11.9 Å². The smallest absolute Gasteiger partial charge is 0.313 e. The van der Waals surface area contributed by atoms with Crippen LogP contribution in [0.4, 0.5) is 10.1 Å². The van der Waals surface area contributed by atoms with Crippen LogP contribution in [0.15, 0.2) is 18.2 Å². The number of hydrogen-bond donors (Lipinski definition) is 3. The Labute approximate surface area is 132 Å². The molecule has 2 amide bonds. The van der Waals surface area contributed by atoms with Crippen molar-refractivity contribution in [1.29, 1.82) is 0 Å². The predicted octanol–water partition coefficient (Wildman–Crippen LogP) is 2.08. The Hall–Kier alpha value is -1.66. The lowest BCUT2D eigenvalue weighted by Crippen LogP contribution is -2.41. The normalized spacial score (nSPS) is 21.2. The van der Waals surface area contributed by atoms with Gasteiger partial charge in [-0.15, -0.1) is 0 Å². The number of halogens is 2. The lowest BCUT2D eigenvalue weighted by molar-refractivity contribution is -0.136. The predicted molar refractivity (Wildman–Crippen MR) is 81.0 cm³/mol. The van der Waals surface area contributed by atoms with Gasteiger partial charge in [0.2, 0.25) is 0 Å². The molecule has 7 heteroatoms. The second-order valence-corrected chi connectivity index (χ2v) is 5.84. The Morgan fingerprint density at radius 2 is 2.00 bits per heavy atom. The first-order valence-electron chi connectivity index (χ1n) is 7.19. The maximum atomic E-state index is 13.5. The van der Waals surface area contributed by atoms with E-state index >= 15 is 0 Å². The molecule has 22 heavy (non-hydrogen) atoms. The van der Waals surface area contributed by atoms with E-state index < -0.39 is 23.7 Å². The third-order valence-electron chi connectivity index (χ3n) is 3.78. The van der Waals surface area contributed by atoms with Gasteiger partial charge >= 0.3 is 11.8 Å². The van der Waals surface area contributed by atoms with Crippen molar-refractivity contribution in [3.8, 4) is 0 Å². The molecule has 0 heterocycles. The number of aliphatic hydroxyl groups excluding tert-OH is 1. The zero-order chi connectivity index (χ0) is 16.1. The van der Waals surface area contributed by atoms with Crippen LogP contribution in [0.5, 0.6) is 0 Å². The number of aliphatic hydroxyl groups is 1. The lowest BCUT2D eigenvalue weighted by atomic mass is 9.86. The van der Waals surface area contributed by atoms with Crippen molar-refractivity contribution in [3.63, 3.8) is 0 Å². The monoisotopic (exact) mass is 328 g/mol. The van der Waals surface area contributed by atoms with Crippen LogP contribution in [0.2, 0.25) is 5.02 Å². The van der Waals surface area contributed by atoms with E-state index in [1.54, 1.807) is 0 Å². The molecule has 120 valence electrons. The molecule has 5 nitrogen and oxygen atoms in total. The summed E-state index contributed by atoms with van der Waals surface area (Å²) in [5, 5.41) is 14.7. The molecule has 2 atom stereocenters. The summed E-state index contributed by atoms with van der Waals surface area (Å²) in [6, 6.07) is 3.75. The summed E-state index contributed by atoms with van der Waals surface area (Å²) < 4.78 is 13.5. The van der Waals surface area contributed by atoms with Crippen molar-refractivity contribution in [2.45, 2.75) is 31.8 Å². The first-order valence-corrected chi connectivity index (χ1v) is 7.57. The summed E-state index contributed by atoms with van der Waals surface area (Å²) in [7, 11) is 0. The highest BCUT2D eigenvalue weighted by Gasteiger charge is 2.24. The number of nitrogens with one attached hydrogen (secondary N) is 2. The van der Waals surface area contributed by atoms with Gasteiger partial charge in [0, 0.05) is 17.5 Å². The summed E-state index contributed by atoms with van der Waals surface area (Å²) in [5.74, 6) is -2.56. The summed E-state index contributed by atoms with van der Waals surface area (Å²) in [6.45, 7) is 0.233. The van der Waals surface area contributed by atoms with E-state index in [1.807, 2.05) is 0 Å². The standard InChI is InChI=1S/C15H18ClFN2O3/c16-10-5-6-12(11(17)7-10)19-15(22)14(21)18-8-9-3-1-2-4-13(9)20/h5-7,9,13,20H,1-4,8H2,(H,18,21)(H,19,22)/t9-,13-/m0/s1. The number of anilines is 1. The molecule has 0 unspecified atom stereocenters. The largest absolute Gasteiger partial charge is 0.393 e. The number of rotatable bonds is 3. The minimum Gasteiger partial charge on any atom is -0.393 e. The van der Waals surface area contributed by atoms with Gasteiger partial charge in [0.1, 0.15) is 5.82 Å². The molecule has 3 N–H and O–H groups in total. The molecule has 0 saturated heterocycles. The van der Waals surface area contributed by atoms with Crippen LogP contribution >= 0.6 is 11.6 Å². The molecule has 0 spiro atoms. The zero-order valence-electron chi connectivity index (χ0n) is 11.9. The molecule has 0 aromatic heterocycles. The van der Waals surface area contributed by atoms with Gasteiger partial charge in [-0.3, -0.25) is 9.59 Å². The van der Waals surface area contributed by atoms with Gasteiger partial charge in [0.15, 0.2) is 0 Å². The van der Waals surface area contributed by atoms with Crippen LogP contribution in [-0.4, -0.2) is 29.6 Å². The highest BCUT2D eigenvalue weighted by atomic mass is 35.5. The number of carbonyl (C=O) groups is 2. The fourth-order valence-electron chi connectivity index (χ4n) is 2.50. The fourth-order valence-corrected chi connectivity index (χ4v) is 2.66. The maximum Gasteiger partial charge on any atom is 0.313 e. The second-order valence-electron chi connectivity index (χ2n) is 5.40. The van der Waals surface area contributed by atoms with E-state index in [4.69, 9.17) is 11.6 Å². The minimum absolute atomic E-state index is 0.0437. The molecule has 2 rings (SSSR count). The summed E-state index contributed by atoms with van der Waals surface area (Å²) in [4.78, 5) is 23.4. The summed E-state index contributed by atoms with van der Waals surface area (Å²) in [6.07, 6.45) is 3.05. The molecule has 1 saturated carbocycles. The third-order valence-corrected chi connectivity index (χ3v) is 4.01. The van der Waals surface area contributed by atoms with Crippen molar-refractivity contribution in [2.24, 2.45) is 5.92 Å². The highest BCUT2D eigenvalue weighted by Crippen LogP contribution is 2.23. The SMILES string of the molecule is O=C(NC[C@@H]1CCCC[C@@H]1O)C(=O)Nc1ccc(Cl)cc1F. The van der Waals surface area contributed by atoms with E-state index in [2.05, 4.69) is 10.6 Å². The van der Waals surface area contributed by atoms with Crippen LogP contribution in [0.25, 0.3) is 0 Å². The van der Waals surface area contributed by atoms with Crippen LogP contribution in [0.1, 0.15) is 25.7 Å². The number of benzene rings is 1. The third kappa shape index (κ3) is 4.42. The van der Waals surface area contributed by atoms with E-state index in [0.717, 1.165) is 25.3 Å². The van der Waals surface area contributed by atoms with Gasteiger partial charge in [0.25, 0.3) is 0 Å². The average molecular weight is 329 g/mol. The Bertz CT molecular complexity index is 568. The number of amides is 2. The van der Waals surface area contributed by atoms with Crippen molar-refractivity contribution >= 4 is 29.1 Å². The van der Waals surface area contributed by atoms with Gasteiger partial charge < -0.3 is 15.7 Å².